The molecule has 1 N–H and O–H groups in total. The molecule has 0 saturated heterocycles. The molecule has 3 nitrogen and oxygen atoms in total. The van der Waals surface area contributed by atoms with E-state index in [2.05, 4.69) is 22.4 Å². The van der Waals surface area contributed by atoms with Gasteiger partial charge in [-0.3, -0.25) is 4.98 Å². The number of nitrogens with one attached hydrogen (secondary N) is 1. The molecule has 0 aliphatic rings. The van der Waals surface area contributed by atoms with Crippen molar-refractivity contribution in [2.75, 3.05) is 13.7 Å². The predicted octanol–water partition coefficient (Wildman–Crippen LogP) is 2.42. The summed E-state index contributed by atoms with van der Waals surface area (Å²) in [6.07, 6.45) is 4.64. The number of aromatic nitrogens is 1. The maximum atomic E-state index is 5.32. The van der Waals surface area contributed by atoms with Crippen molar-refractivity contribution in [3.05, 3.63) is 59.9 Å². The lowest BCUT2D eigenvalue weighted by Crippen LogP contribution is -2.17. The Kier molecular flexibility index (Phi) is 4.73. The topological polar surface area (TPSA) is 34.1 Å². The first-order valence-electron chi connectivity index (χ1n) is 6.11. The van der Waals surface area contributed by atoms with Crippen LogP contribution in [0.5, 0.6) is 5.75 Å². The van der Waals surface area contributed by atoms with Gasteiger partial charge in [-0.05, 0) is 36.2 Å². The Morgan fingerprint density at radius 1 is 1.17 bits per heavy atom. The number of hydrogen-bond donors (Lipinski definition) is 1. The number of para-hydroxylation sites is 1. The van der Waals surface area contributed by atoms with Gasteiger partial charge in [0.25, 0.3) is 0 Å². The summed E-state index contributed by atoms with van der Waals surface area (Å²) in [7, 11) is 1.71. The lowest BCUT2D eigenvalue weighted by Gasteiger charge is -2.08. The van der Waals surface area contributed by atoms with E-state index < -0.39 is 0 Å². The van der Waals surface area contributed by atoms with Crippen LogP contribution in [0.2, 0.25) is 0 Å². The normalized spacial score (nSPS) is 10.3. The number of methoxy groups -OCH3 is 1. The number of pyridine rings is 1. The molecule has 0 saturated carbocycles. The highest BCUT2D eigenvalue weighted by atomic mass is 16.5. The first-order chi connectivity index (χ1) is 8.90. The smallest absolute Gasteiger partial charge is 0.122 e. The SMILES string of the molecule is COc1ccccc1CCNCc1cccnc1. The Morgan fingerprint density at radius 2 is 2.06 bits per heavy atom. The number of nitrogens with zero attached hydrogens (tertiary/aromatic N) is 1. The van der Waals surface area contributed by atoms with Gasteiger partial charge in [-0.25, -0.2) is 0 Å². The van der Waals surface area contributed by atoms with Crippen LogP contribution in [0.3, 0.4) is 0 Å². The standard InChI is InChI=1S/C15H18N2O/c1-18-15-7-3-2-6-14(15)8-10-17-12-13-5-4-9-16-11-13/h2-7,9,11,17H,8,10,12H2,1H3. The largest absolute Gasteiger partial charge is 0.496 e. The van der Waals surface area contributed by atoms with Crippen LogP contribution in [0.15, 0.2) is 48.8 Å². The minimum atomic E-state index is 0.850. The van der Waals surface area contributed by atoms with Crippen molar-refractivity contribution < 1.29 is 4.74 Å². The van der Waals surface area contributed by atoms with E-state index in [0.29, 0.717) is 0 Å². The van der Waals surface area contributed by atoms with Crippen molar-refractivity contribution in [3.63, 3.8) is 0 Å². The highest BCUT2D eigenvalue weighted by molar-refractivity contribution is 5.33. The van der Waals surface area contributed by atoms with Crippen LogP contribution >= 0.6 is 0 Å². The third-order valence-electron chi connectivity index (χ3n) is 2.82. The maximum Gasteiger partial charge on any atom is 0.122 e. The van der Waals surface area contributed by atoms with E-state index in [1.165, 1.54) is 11.1 Å². The summed E-state index contributed by atoms with van der Waals surface area (Å²) in [6.45, 7) is 1.78. The molecule has 0 amide bonds. The molecule has 1 heterocycles. The molecule has 1 aromatic heterocycles. The Labute approximate surface area is 108 Å². The Balaban J connectivity index is 1.78. The first-order valence-corrected chi connectivity index (χ1v) is 6.11. The second-order valence-corrected chi connectivity index (χ2v) is 4.10. The molecule has 2 rings (SSSR count). The fourth-order valence-corrected chi connectivity index (χ4v) is 1.87. The van der Waals surface area contributed by atoms with E-state index in [1.807, 2.05) is 30.5 Å². The fraction of sp³-hybridized carbons (Fsp3) is 0.267. The molecule has 0 bridgehead atoms. The van der Waals surface area contributed by atoms with Gasteiger partial charge in [-0.2, -0.15) is 0 Å². The Hall–Kier alpha value is -1.87. The average molecular weight is 242 g/mol. The van der Waals surface area contributed by atoms with Crippen molar-refractivity contribution in [1.82, 2.24) is 10.3 Å². The molecule has 0 atom stereocenters. The molecule has 3 heteroatoms. The number of benzene rings is 1. The molecule has 2 aromatic rings. The van der Waals surface area contributed by atoms with Crippen LogP contribution < -0.4 is 10.1 Å². The molecule has 0 aliphatic heterocycles. The van der Waals surface area contributed by atoms with Crippen LogP contribution in [0.1, 0.15) is 11.1 Å². The minimum absolute atomic E-state index is 0.850. The molecule has 0 unspecified atom stereocenters. The summed E-state index contributed by atoms with van der Waals surface area (Å²) in [5, 5.41) is 3.41. The Morgan fingerprint density at radius 3 is 2.83 bits per heavy atom. The second-order valence-electron chi connectivity index (χ2n) is 4.10. The minimum Gasteiger partial charge on any atom is -0.496 e. The van der Waals surface area contributed by atoms with Gasteiger partial charge in [0.05, 0.1) is 7.11 Å². The number of hydrogen-bond acceptors (Lipinski definition) is 3. The van der Waals surface area contributed by atoms with Crippen molar-refractivity contribution in [3.8, 4) is 5.75 Å². The van der Waals surface area contributed by atoms with Gasteiger partial charge in [0, 0.05) is 18.9 Å². The van der Waals surface area contributed by atoms with E-state index in [1.54, 1.807) is 13.3 Å². The van der Waals surface area contributed by atoms with Gasteiger partial charge < -0.3 is 10.1 Å². The van der Waals surface area contributed by atoms with Crippen molar-refractivity contribution >= 4 is 0 Å². The van der Waals surface area contributed by atoms with Crippen molar-refractivity contribution in [2.24, 2.45) is 0 Å². The van der Waals surface area contributed by atoms with Gasteiger partial charge in [0.1, 0.15) is 5.75 Å². The van der Waals surface area contributed by atoms with E-state index >= 15 is 0 Å². The predicted molar refractivity (Wildman–Crippen MR) is 72.6 cm³/mol. The van der Waals surface area contributed by atoms with Gasteiger partial charge in [0.2, 0.25) is 0 Å². The zero-order valence-electron chi connectivity index (χ0n) is 10.6. The fourth-order valence-electron chi connectivity index (χ4n) is 1.87. The summed E-state index contributed by atoms with van der Waals surface area (Å²) >= 11 is 0. The maximum absolute atomic E-state index is 5.32. The molecule has 94 valence electrons. The zero-order chi connectivity index (χ0) is 12.6. The number of rotatable bonds is 6. The van der Waals surface area contributed by atoms with Gasteiger partial charge in [-0.15, -0.1) is 0 Å². The second kappa shape index (κ2) is 6.77. The van der Waals surface area contributed by atoms with E-state index in [-0.39, 0.29) is 0 Å². The lowest BCUT2D eigenvalue weighted by atomic mass is 10.1. The van der Waals surface area contributed by atoms with Crippen LogP contribution in [-0.4, -0.2) is 18.6 Å². The van der Waals surface area contributed by atoms with Crippen LogP contribution in [0.25, 0.3) is 0 Å². The van der Waals surface area contributed by atoms with Crippen LogP contribution in [-0.2, 0) is 13.0 Å². The highest BCUT2D eigenvalue weighted by Crippen LogP contribution is 2.17. The van der Waals surface area contributed by atoms with E-state index in [0.717, 1.165) is 25.3 Å². The summed E-state index contributed by atoms with van der Waals surface area (Å²) < 4.78 is 5.32. The third-order valence-corrected chi connectivity index (χ3v) is 2.82. The Bertz CT molecular complexity index is 471. The lowest BCUT2D eigenvalue weighted by molar-refractivity contribution is 0.409. The molecule has 0 fully saturated rings. The van der Waals surface area contributed by atoms with E-state index in [9.17, 15) is 0 Å². The number of ether oxygens (including phenoxy) is 1. The zero-order valence-corrected chi connectivity index (χ0v) is 10.6. The molecule has 0 radical (unpaired) electrons. The van der Waals surface area contributed by atoms with Gasteiger partial charge in [0.15, 0.2) is 0 Å². The molecule has 1 aromatic carbocycles. The van der Waals surface area contributed by atoms with Crippen molar-refractivity contribution in [1.29, 1.82) is 0 Å². The van der Waals surface area contributed by atoms with Crippen molar-refractivity contribution in [2.45, 2.75) is 13.0 Å². The third kappa shape index (κ3) is 3.57. The van der Waals surface area contributed by atoms with E-state index in [4.69, 9.17) is 4.74 Å². The van der Waals surface area contributed by atoms with Gasteiger partial charge >= 0.3 is 0 Å². The summed E-state index contributed by atoms with van der Waals surface area (Å²) in [4.78, 5) is 4.09. The monoisotopic (exact) mass is 242 g/mol. The summed E-state index contributed by atoms with van der Waals surface area (Å²) in [6, 6.07) is 12.2. The molecule has 0 aliphatic carbocycles. The molecular weight excluding hydrogens is 224 g/mol. The average Bonchev–Trinajstić information content (AvgIpc) is 2.45. The summed E-state index contributed by atoms with van der Waals surface area (Å²) in [5.74, 6) is 0.959. The molecular formula is C15H18N2O. The van der Waals surface area contributed by atoms with Gasteiger partial charge in [-0.1, -0.05) is 24.3 Å². The molecule has 0 spiro atoms. The summed E-state index contributed by atoms with van der Waals surface area (Å²) in [5.41, 5.74) is 2.44. The highest BCUT2D eigenvalue weighted by Gasteiger charge is 2.00. The molecule has 18 heavy (non-hydrogen) atoms. The first kappa shape index (κ1) is 12.6. The quantitative estimate of drug-likeness (QED) is 0.790. The van der Waals surface area contributed by atoms with Crippen LogP contribution in [0, 0.1) is 0 Å². The van der Waals surface area contributed by atoms with Crippen LogP contribution in [0.4, 0.5) is 0 Å².